The van der Waals surface area contributed by atoms with Crippen molar-refractivity contribution in [2.24, 2.45) is 0 Å². The van der Waals surface area contributed by atoms with Gasteiger partial charge in [0.15, 0.2) is 5.69 Å². The van der Waals surface area contributed by atoms with Gasteiger partial charge in [0.2, 0.25) is 0 Å². The molecule has 2 aromatic heterocycles. The van der Waals surface area contributed by atoms with Gasteiger partial charge in [-0.25, -0.2) is 0 Å². The molecule has 1 aliphatic carbocycles. The van der Waals surface area contributed by atoms with Crippen molar-refractivity contribution in [3.63, 3.8) is 0 Å². The molecule has 6 nitrogen and oxygen atoms in total. The molecule has 3 fully saturated rings. The van der Waals surface area contributed by atoms with E-state index in [0.29, 0.717) is 17.8 Å². The van der Waals surface area contributed by atoms with Crippen LogP contribution in [0.15, 0.2) is 22.7 Å². The summed E-state index contributed by atoms with van der Waals surface area (Å²) in [6.07, 6.45) is 5.20. The summed E-state index contributed by atoms with van der Waals surface area (Å²) in [5, 5.41) is 4.13. The van der Waals surface area contributed by atoms with E-state index < -0.39 is 0 Å². The van der Waals surface area contributed by atoms with E-state index in [0.717, 1.165) is 74.4 Å². The molecule has 4 aliphatic rings. The van der Waals surface area contributed by atoms with Gasteiger partial charge in [-0.05, 0) is 44.7 Å². The molecule has 0 aromatic carbocycles. The Bertz CT molecular complexity index is 834. The van der Waals surface area contributed by atoms with Crippen LogP contribution in [0.4, 0.5) is 0 Å². The Morgan fingerprint density at radius 2 is 2.04 bits per heavy atom. The van der Waals surface area contributed by atoms with Gasteiger partial charge in [-0.1, -0.05) is 11.2 Å². The minimum absolute atomic E-state index is 0.0754. The Balaban J connectivity index is 1.28. The van der Waals surface area contributed by atoms with E-state index in [2.05, 4.69) is 27.2 Å². The van der Waals surface area contributed by atoms with E-state index in [4.69, 9.17) is 4.52 Å². The molecule has 0 spiro atoms. The molecule has 2 aromatic rings. The number of piperidine rings is 1. The van der Waals surface area contributed by atoms with E-state index in [9.17, 15) is 4.79 Å². The fraction of sp³-hybridized carbons (Fsp3) is 0.550. The SMILES string of the molecule is Cc1cccc(CN2CC3CC(C2)N3C(=O)c2noc3c2CCCC3)n1. The van der Waals surface area contributed by atoms with E-state index in [1.807, 2.05) is 17.9 Å². The summed E-state index contributed by atoms with van der Waals surface area (Å²) in [6, 6.07) is 6.75. The second-order valence-corrected chi connectivity index (χ2v) is 7.86. The summed E-state index contributed by atoms with van der Waals surface area (Å²) in [4.78, 5) is 22.1. The number of fused-ring (bicyclic) bond motifs is 3. The van der Waals surface area contributed by atoms with Gasteiger partial charge in [0.1, 0.15) is 5.76 Å². The largest absolute Gasteiger partial charge is 0.360 e. The Labute approximate surface area is 153 Å². The van der Waals surface area contributed by atoms with Crippen molar-refractivity contribution in [3.05, 3.63) is 46.6 Å². The quantitative estimate of drug-likeness (QED) is 0.849. The van der Waals surface area contributed by atoms with Gasteiger partial charge in [0, 0.05) is 49.4 Å². The van der Waals surface area contributed by atoms with Gasteiger partial charge < -0.3 is 9.42 Å². The summed E-state index contributed by atoms with van der Waals surface area (Å²) in [6.45, 7) is 4.71. The number of hydrogen-bond acceptors (Lipinski definition) is 5. The molecule has 6 rings (SSSR count). The summed E-state index contributed by atoms with van der Waals surface area (Å²) in [7, 11) is 0. The number of carbonyl (C=O) groups excluding carboxylic acids is 1. The molecule has 26 heavy (non-hydrogen) atoms. The lowest BCUT2D eigenvalue weighted by atomic mass is 9.86. The number of aryl methyl sites for hydroxylation is 2. The number of nitrogens with zero attached hydrogens (tertiary/aromatic N) is 4. The number of carbonyl (C=O) groups is 1. The highest BCUT2D eigenvalue weighted by molar-refractivity contribution is 5.95. The van der Waals surface area contributed by atoms with Crippen molar-refractivity contribution in [1.29, 1.82) is 0 Å². The van der Waals surface area contributed by atoms with Gasteiger partial charge in [-0.15, -0.1) is 0 Å². The van der Waals surface area contributed by atoms with Crippen LogP contribution in [0.25, 0.3) is 0 Å². The third kappa shape index (κ3) is 2.63. The van der Waals surface area contributed by atoms with E-state index in [1.54, 1.807) is 0 Å². The lowest BCUT2D eigenvalue weighted by molar-refractivity contribution is -0.0508. The van der Waals surface area contributed by atoms with Gasteiger partial charge in [-0.3, -0.25) is 14.7 Å². The zero-order valence-corrected chi connectivity index (χ0v) is 15.1. The number of aromatic nitrogens is 2. The first-order valence-corrected chi connectivity index (χ1v) is 9.64. The highest BCUT2D eigenvalue weighted by Crippen LogP contribution is 2.35. The second kappa shape index (κ2) is 6.20. The van der Waals surface area contributed by atoms with Crippen LogP contribution in [-0.2, 0) is 19.4 Å². The minimum atomic E-state index is 0.0754. The van der Waals surface area contributed by atoms with E-state index in [-0.39, 0.29) is 5.91 Å². The van der Waals surface area contributed by atoms with Gasteiger partial charge in [0.25, 0.3) is 5.91 Å². The summed E-state index contributed by atoms with van der Waals surface area (Å²) in [5.74, 6) is 1.00. The summed E-state index contributed by atoms with van der Waals surface area (Å²) < 4.78 is 5.44. The van der Waals surface area contributed by atoms with Crippen molar-refractivity contribution < 1.29 is 9.32 Å². The first-order chi connectivity index (χ1) is 12.7. The van der Waals surface area contributed by atoms with Crippen molar-refractivity contribution in [2.75, 3.05) is 13.1 Å². The van der Waals surface area contributed by atoms with Crippen molar-refractivity contribution in [2.45, 2.75) is 57.7 Å². The number of piperazine rings is 1. The molecule has 0 radical (unpaired) electrons. The predicted octanol–water partition coefficient (Wildman–Crippen LogP) is 2.36. The van der Waals surface area contributed by atoms with Crippen LogP contribution in [0.5, 0.6) is 0 Å². The standard InChI is InChI=1S/C20H24N4O2/c1-13-5-4-6-14(21-13)10-23-11-15-9-16(12-23)24(15)20(25)19-17-7-2-3-8-18(17)26-22-19/h4-6,15-16H,2-3,7-12H2,1H3. The molecular weight excluding hydrogens is 328 g/mol. The Hall–Kier alpha value is -2.21. The highest BCUT2D eigenvalue weighted by atomic mass is 16.5. The van der Waals surface area contributed by atoms with Crippen LogP contribution in [0.3, 0.4) is 0 Å². The molecule has 2 atom stereocenters. The van der Waals surface area contributed by atoms with Crippen molar-refractivity contribution in [1.82, 2.24) is 19.9 Å². The molecular formula is C20H24N4O2. The first-order valence-electron chi connectivity index (χ1n) is 9.64. The fourth-order valence-electron chi connectivity index (χ4n) is 4.75. The van der Waals surface area contributed by atoms with Crippen LogP contribution in [-0.4, -0.2) is 51.0 Å². The van der Waals surface area contributed by atoms with Crippen molar-refractivity contribution >= 4 is 5.91 Å². The van der Waals surface area contributed by atoms with Gasteiger partial charge in [-0.2, -0.15) is 0 Å². The third-order valence-electron chi connectivity index (χ3n) is 5.99. The molecule has 3 aliphatic heterocycles. The van der Waals surface area contributed by atoms with Crippen LogP contribution in [0.2, 0.25) is 0 Å². The van der Waals surface area contributed by atoms with Crippen LogP contribution >= 0.6 is 0 Å². The van der Waals surface area contributed by atoms with E-state index in [1.165, 1.54) is 0 Å². The molecule has 136 valence electrons. The number of hydrogen-bond donors (Lipinski definition) is 0. The Morgan fingerprint density at radius 1 is 1.23 bits per heavy atom. The average molecular weight is 352 g/mol. The molecule has 0 N–H and O–H groups in total. The molecule has 2 bridgehead atoms. The predicted molar refractivity (Wildman–Crippen MR) is 95.8 cm³/mol. The molecule has 1 amide bonds. The van der Waals surface area contributed by atoms with Crippen molar-refractivity contribution in [3.8, 4) is 0 Å². The van der Waals surface area contributed by atoms with Crippen LogP contribution in [0, 0.1) is 6.92 Å². The summed E-state index contributed by atoms with van der Waals surface area (Å²) in [5.41, 5.74) is 3.79. The van der Waals surface area contributed by atoms with Gasteiger partial charge >= 0.3 is 0 Å². The number of pyridine rings is 1. The Morgan fingerprint density at radius 3 is 2.85 bits per heavy atom. The zero-order chi connectivity index (χ0) is 17.7. The number of amides is 1. The molecule has 0 saturated carbocycles. The van der Waals surface area contributed by atoms with Crippen LogP contribution < -0.4 is 0 Å². The molecule has 6 heteroatoms. The maximum atomic E-state index is 13.1. The second-order valence-electron chi connectivity index (χ2n) is 7.86. The number of rotatable bonds is 3. The maximum Gasteiger partial charge on any atom is 0.276 e. The average Bonchev–Trinajstić information content (AvgIpc) is 3.06. The smallest absolute Gasteiger partial charge is 0.276 e. The monoisotopic (exact) mass is 352 g/mol. The molecule has 3 saturated heterocycles. The topological polar surface area (TPSA) is 62.5 Å². The normalized spacial score (nSPS) is 24.9. The zero-order valence-electron chi connectivity index (χ0n) is 15.1. The summed E-state index contributed by atoms with van der Waals surface area (Å²) >= 11 is 0. The third-order valence-corrected chi connectivity index (χ3v) is 5.99. The highest BCUT2D eigenvalue weighted by Gasteiger charge is 2.48. The fourth-order valence-corrected chi connectivity index (χ4v) is 4.75. The van der Waals surface area contributed by atoms with Gasteiger partial charge in [0.05, 0.1) is 5.69 Å². The van der Waals surface area contributed by atoms with Crippen LogP contribution in [0.1, 0.15) is 52.5 Å². The van der Waals surface area contributed by atoms with E-state index >= 15 is 0 Å². The first kappa shape index (κ1) is 16.0. The Kier molecular flexibility index (Phi) is 3.81. The molecule has 2 unspecified atom stereocenters. The lowest BCUT2D eigenvalue weighted by Gasteiger charge is -2.56. The molecule has 5 heterocycles. The maximum absolute atomic E-state index is 13.1. The minimum Gasteiger partial charge on any atom is -0.360 e. The lowest BCUT2D eigenvalue weighted by Crippen LogP contribution is -2.70.